The molecule has 1 unspecified atom stereocenters. The van der Waals surface area contributed by atoms with Gasteiger partial charge in [-0.05, 0) is 37.6 Å². The van der Waals surface area contributed by atoms with E-state index in [1.165, 1.54) is 17.6 Å². The SMILES string of the molecule is CNCc1sccc1S(=O)(=O)NC(C)c1ccco1. The normalized spacial score (nSPS) is 13.6. The zero-order chi connectivity index (χ0) is 13.9. The van der Waals surface area contributed by atoms with Crippen LogP contribution in [-0.4, -0.2) is 15.5 Å². The van der Waals surface area contributed by atoms with E-state index in [2.05, 4.69) is 10.0 Å². The predicted octanol–water partition coefficient (Wildman–Crippen LogP) is 2.10. The number of hydrogen-bond donors (Lipinski definition) is 2. The molecule has 2 rings (SSSR count). The van der Waals surface area contributed by atoms with Crippen LogP contribution >= 0.6 is 11.3 Å². The van der Waals surface area contributed by atoms with Crippen LogP contribution in [0, 0.1) is 0 Å². The summed E-state index contributed by atoms with van der Waals surface area (Å²) in [5.74, 6) is 0.592. The minimum atomic E-state index is -3.53. The van der Waals surface area contributed by atoms with Gasteiger partial charge in [-0.1, -0.05) is 0 Å². The predicted molar refractivity (Wildman–Crippen MR) is 74.5 cm³/mol. The van der Waals surface area contributed by atoms with Crippen molar-refractivity contribution in [2.45, 2.75) is 24.4 Å². The van der Waals surface area contributed by atoms with Crippen LogP contribution < -0.4 is 10.0 Å². The average molecular weight is 300 g/mol. The molecule has 2 aromatic rings. The van der Waals surface area contributed by atoms with Crippen LogP contribution in [0.5, 0.6) is 0 Å². The summed E-state index contributed by atoms with van der Waals surface area (Å²) >= 11 is 1.42. The highest BCUT2D eigenvalue weighted by Gasteiger charge is 2.23. The molecule has 0 saturated heterocycles. The standard InChI is InChI=1S/C12H16N2O3S2/c1-9(10-4-3-6-17-10)14-19(15,16)12-5-7-18-11(12)8-13-2/h3-7,9,13-14H,8H2,1-2H3. The second-order valence-corrected chi connectivity index (χ2v) is 6.78. The van der Waals surface area contributed by atoms with Crippen molar-refractivity contribution in [2.75, 3.05) is 7.05 Å². The number of sulfonamides is 1. The lowest BCUT2D eigenvalue weighted by Crippen LogP contribution is -2.27. The fourth-order valence-corrected chi connectivity index (χ4v) is 4.42. The summed E-state index contributed by atoms with van der Waals surface area (Å²) in [5, 5.41) is 4.74. The van der Waals surface area contributed by atoms with E-state index in [0.717, 1.165) is 4.88 Å². The van der Waals surface area contributed by atoms with Crippen LogP contribution in [0.1, 0.15) is 23.6 Å². The molecular formula is C12H16N2O3S2. The Bertz CT molecular complexity index is 617. The van der Waals surface area contributed by atoms with E-state index in [1.54, 1.807) is 37.6 Å². The van der Waals surface area contributed by atoms with E-state index < -0.39 is 16.1 Å². The number of hydrogen-bond acceptors (Lipinski definition) is 5. The Hall–Kier alpha value is -1.15. The number of thiophene rings is 1. The Labute approximate surface area is 116 Å². The molecule has 0 saturated carbocycles. The first-order chi connectivity index (χ1) is 9.04. The van der Waals surface area contributed by atoms with Gasteiger partial charge in [0.25, 0.3) is 0 Å². The summed E-state index contributed by atoms with van der Waals surface area (Å²) in [6.07, 6.45) is 1.52. The summed E-state index contributed by atoms with van der Waals surface area (Å²) in [7, 11) is -1.75. The summed E-state index contributed by atoms with van der Waals surface area (Å²) < 4.78 is 32.5. The maximum atomic E-state index is 12.3. The molecular weight excluding hydrogens is 284 g/mol. The molecule has 104 valence electrons. The van der Waals surface area contributed by atoms with Crippen LogP contribution in [0.3, 0.4) is 0 Å². The molecule has 5 nitrogen and oxygen atoms in total. The van der Waals surface area contributed by atoms with Crippen molar-refractivity contribution in [3.8, 4) is 0 Å². The Balaban J connectivity index is 2.20. The van der Waals surface area contributed by atoms with Gasteiger partial charge in [0.1, 0.15) is 5.76 Å². The first kappa shape index (κ1) is 14.3. The number of rotatable bonds is 6. The molecule has 2 aromatic heterocycles. The van der Waals surface area contributed by atoms with E-state index in [4.69, 9.17) is 4.42 Å². The fraction of sp³-hybridized carbons (Fsp3) is 0.333. The molecule has 0 fully saturated rings. The third-order valence-electron chi connectivity index (χ3n) is 2.63. The van der Waals surface area contributed by atoms with Crippen molar-refractivity contribution < 1.29 is 12.8 Å². The maximum absolute atomic E-state index is 12.3. The van der Waals surface area contributed by atoms with E-state index in [9.17, 15) is 8.42 Å². The molecule has 0 bridgehead atoms. The molecule has 0 radical (unpaired) electrons. The summed E-state index contributed by atoms with van der Waals surface area (Å²) in [5.41, 5.74) is 0. The summed E-state index contributed by atoms with van der Waals surface area (Å²) in [6.45, 7) is 2.28. The Morgan fingerprint density at radius 3 is 2.84 bits per heavy atom. The lowest BCUT2D eigenvalue weighted by molar-refractivity contribution is 0.459. The molecule has 0 aliphatic carbocycles. The van der Waals surface area contributed by atoms with Crippen LogP contribution in [0.4, 0.5) is 0 Å². The molecule has 0 aliphatic rings. The van der Waals surface area contributed by atoms with Gasteiger partial charge in [0.2, 0.25) is 10.0 Å². The molecule has 0 aromatic carbocycles. The van der Waals surface area contributed by atoms with E-state index in [-0.39, 0.29) is 0 Å². The first-order valence-corrected chi connectivity index (χ1v) is 8.17. The van der Waals surface area contributed by atoms with Crippen LogP contribution in [0.25, 0.3) is 0 Å². The smallest absolute Gasteiger partial charge is 0.242 e. The highest BCUT2D eigenvalue weighted by molar-refractivity contribution is 7.89. The van der Waals surface area contributed by atoms with Crippen molar-refractivity contribution in [3.63, 3.8) is 0 Å². The summed E-state index contributed by atoms with van der Waals surface area (Å²) in [4.78, 5) is 1.12. The van der Waals surface area contributed by atoms with Gasteiger partial charge in [-0.15, -0.1) is 11.3 Å². The zero-order valence-electron chi connectivity index (χ0n) is 10.7. The zero-order valence-corrected chi connectivity index (χ0v) is 12.3. The third kappa shape index (κ3) is 3.24. The highest BCUT2D eigenvalue weighted by atomic mass is 32.2. The maximum Gasteiger partial charge on any atom is 0.242 e. The lowest BCUT2D eigenvalue weighted by atomic mass is 10.3. The molecule has 1 atom stereocenters. The quantitative estimate of drug-likeness (QED) is 0.857. The van der Waals surface area contributed by atoms with Gasteiger partial charge < -0.3 is 9.73 Å². The second-order valence-electron chi connectivity index (χ2n) is 4.10. The monoisotopic (exact) mass is 300 g/mol. The highest BCUT2D eigenvalue weighted by Crippen LogP contribution is 2.24. The second kappa shape index (κ2) is 5.87. The van der Waals surface area contributed by atoms with E-state index in [1.807, 2.05) is 0 Å². The molecule has 7 heteroatoms. The van der Waals surface area contributed by atoms with E-state index >= 15 is 0 Å². The van der Waals surface area contributed by atoms with Crippen molar-refractivity contribution >= 4 is 21.4 Å². The molecule has 2 heterocycles. The van der Waals surface area contributed by atoms with Crippen molar-refractivity contribution in [3.05, 3.63) is 40.5 Å². The van der Waals surface area contributed by atoms with Gasteiger partial charge in [-0.25, -0.2) is 13.1 Å². The van der Waals surface area contributed by atoms with Gasteiger partial charge >= 0.3 is 0 Å². The average Bonchev–Trinajstić information content (AvgIpc) is 2.99. The van der Waals surface area contributed by atoms with Crippen molar-refractivity contribution in [2.24, 2.45) is 0 Å². The largest absolute Gasteiger partial charge is 0.468 e. The van der Waals surface area contributed by atoms with Gasteiger partial charge in [-0.2, -0.15) is 0 Å². The van der Waals surface area contributed by atoms with Crippen LogP contribution in [0.15, 0.2) is 39.2 Å². The van der Waals surface area contributed by atoms with Crippen molar-refractivity contribution in [1.82, 2.24) is 10.0 Å². The number of nitrogens with one attached hydrogen (secondary N) is 2. The topological polar surface area (TPSA) is 71.3 Å². The fourth-order valence-electron chi connectivity index (χ4n) is 1.75. The Morgan fingerprint density at radius 1 is 1.42 bits per heavy atom. The van der Waals surface area contributed by atoms with Crippen molar-refractivity contribution in [1.29, 1.82) is 0 Å². The molecule has 19 heavy (non-hydrogen) atoms. The molecule has 0 amide bonds. The van der Waals surface area contributed by atoms with Gasteiger partial charge in [0.15, 0.2) is 0 Å². The molecule has 2 N–H and O–H groups in total. The first-order valence-electron chi connectivity index (χ1n) is 5.81. The Morgan fingerprint density at radius 2 is 2.21 bits per heavy atom. The lowest BCUT2D eigenvalue weighted by Gasteiger charge is -2.12. The Kier molecular flexibility index (Phi) is 4.41. The minimum absolute atomic E-state index is 0.324. The minimum Gasteiger partial charge on any atom is -0.468 e. The number of furan rings is 1. The van der Waals surface area contributed by atoms with Gasteiger partial charge in [0, 0.05) is 11.4 Å². The van der Waals surface area contributed by atoms with E-state index in [0.29, 0.717) is 17.2 Å². The molecule has 0 aliphatic heterocycles. The van der Waals surface area contributed by atoms with Crippen LogP contribution in [-0.2, 0) is 16.6 Å². The van der Waals surface area contributed by atoms with Crippen LogP contribution in [0.2, 0.25) is 0 Å². The third-order valence-corrected chi connectivity index (χ3v) is 5.31. The van der Waals surface area contributed by atoms with Gasteiger partial charge in [0.05, 0.1) is 17.2 Å². The molecule has 0 spiro atoms. The van der Waals surface area contributed by atoms with Gasteiger partial charge in [-0.3, -0.25) is 0 Å². The summed E-state index contributed by atoms with van der Waals surface area (Å²) in [6, 6.07) is 4.70.